The van der Waals surface area contributed by atoms with Gasteiger partial charge in [-0.2, -0.15) is 0 Å². The molecule has 1 aromatic carbocycles. The molecule has 0 aliphatic carbocycles. The second-order valence-electron chi connectivity index (χ2n) is 3.64. The summed E-state index contributed by atoms with van der Waals surface area (Å²) >= 11 is 0. The maximum Gasteiger partial charge on any atom is 0.306 e. The normalized spacial score (nSPS) is 12.9. The van der Waals surface area contributed by atoms with Crippen LogP contribution in [0, 0.1) is 11.7 Å². The summed E-state index contributed by atoms with van der Waals surface area (Å²) < 4.78 is 18.4. The molecule has 4 nitrogen and oxygen atoms in total. The van der Waals surface area contributed by atoms with Crippen LogP contribution < -0.4 is 0 Å². The molecule has 2 aromatic rings. The van der Waals surface area contributed by atoms with Gasteiger partial charge in [-0.05, 0) is 12.1 Å². The fourth-order valence-electron chi connectivity index (χ4n) is 1.40. The summed E-state index contributed by atoms with van der Waals surface area (Å²) in [7, 11) is 0. The zero-order valence-corrected chi connectivity index (χ0v) is 8.61. The summed E-state index contributed by atoms with van der Waals surface area (Å²) in [4.78, 5) is 14.7. The van der Waals surface area contributed by atoms with Crippen molar-refractivity contribution >= 4 is 17.1 Å². The van der Waals surface area contributed by atoms with Gasteiger partial charge in [0.05, 0.1) is 5.92 Å². The Hall–Kier alpha value is -1.91. The zero-order valence-electron chi connectivity index (χ0n) is 8.61. The first-order valence-electron chi connectivity index (χ1n) is 4.84. The molecule has 5 heteroatoms. The Balaban J connectivity index is 2.33. The summed E-state index contributed by atoms with van der Waals surface area (Å²) in [6.45, 7) is 1.55. The highest BCUT2D eigenvalue weighted by Gasteiger charge is 2.16. The Kier molecular flexibility index (Phi) is 2.60. The van der Waals surface area contributed by atoms with E-state index in [9.17, 15) is 9.18 Å². The van der Waals surface area contributed by atoms with Crippen LogP contribution in [0.3, 0.4) is 0 Å². The molecule has 0 radical (unpaired) electrons. The van der Waals surface area contributed by atoms with Crippen molar-refractivity contribution in [2.45, 2.75) is 13.3 Å². The Morgan fingerprint density at radius 3 is 3.00 bits per heavy atom. The average Bonchev–Trinajstić information content (AvgIpc) is 2.61. The van der Waals surface area contributed by atoms with E-state index in [1.807, 2.05) is 0 Å². The monoisotopic (exact) mass is 223 g/mol. The second kappa shape index (κ2) is 3.92. The molecule has 1 heterocycles. The molecular weight excluding hydrogens is 213 g/mol. The zero-order chi connectivity index (χ0) is 11.7. The van der Waals surface area contributed by atoms with Crippen LogP contribution in [0.4, 0.5) is 4.39 Å². The van der Waals surface area contributed by atoms with Gasteiger partial charge >= 0.3 is 5.97 Å². The maximum absolute atomic E-state index is 13.2. The molecule has 0 aliphatic heterocycles. The van der Waals surface area contributed by atoms with Gasteiger partial charge in [-0.1, -0.05) is 13.0 Å². The fourth-order valence-corrected chi connectivity index (χ4v) is 1.40. The van der Waals surface area contributed by atoms with Gasteiger partial charge in [-0.25, -0.2) is 9.37 Å². The first-order chi connectivity index (χ1) is 7.58. The summed E-state index contributed by atoms with van der Waals surface area (Å²) in [5.74, 6) is -1.77. The summed E-state index contributed by atoms with van der Waals surface area (Å²) in [6.07, 6.45) is 0.156. The molecule has 84 valence electrons. The molecule has 1 N–H and O–H groups in total. The fraction of sp³-hybridized carbons (Fsp3) is 0.273. The van der Waals surface area contributed by atoms with E-state index in [4.69, 9.17) is 9.52 Å². The molecule has 2 rings (SSSR count). The third-order valence-electron chi connectivity index (χ3n) is 2.31. The van der Waals surface area contributed by atoms with Crippen molar-refractivity contribution in [2.75, 3.05) is 0 Å². The molecule has 0 bridgehead atoms. The van der Waals surface area contributed by atoms with Crippen LogP contribution in [-0.2, 0) is 11.2 Å². The topological polar surface area (TPSA) is 63.3 Å². The van der Waals surface area contributed by atoms with Crippen molar-refractivity contribution in [3.63, 3.8) is 0 Å². The first kappa shape index (κ1) is 10.6. The molecule has 0 saturated heterocycles. The van der Waals surface area contributed by atoms with E-state index in [0.717, 1.165) is 0 Å². The predicted octanol–water partition coefficient (Wildman–Crippen LogP) is 2.23. The average molecular weight is 223 g/mol. The van der Waals surface area contributed by atoms with E-state index in [1.165, 1.54) is 12.1 Å². The molecule has 1 aromatic heterocycles. The van der Waals surface area contributed by atoms with E-state index in [1.54, 1.807) is 13.0 Å². The van der Waals surface area contributed by atoms with E-state index < -0.39 is 17.7 Å². The number of carboxylic acid groups (broad SMARTS) is 1. The molecule has 1 atom stereocenters. The highest BCUT2D eigenvalue weighted by Crippen LogP contribution is 2.20. The number of benzene rings is 1. The third kappa shape index (κ3) is 1.88. The minimum atomic E-state index is -0.928. The van der Waals surface area contributed by atoms with Gasteiger partial charge in [0.15, 0.2) is 17.3 Å². The second-order valence-corrected chi connectivity index (χ2v) is 3.64. The van der Waals surface area contributed by atoms with E-state index in [0.29, 0.717) is 5.52 Å². The van der Waals surface area contributed by atoms with Crippen LogP contribution in [-0.4, -0.2) is 16.1 Å². The van der Waals surface area contributed by atoms with Crippen molar-refractivity contribution in [1.29, 1.82) is 0 Å². The number of halogens is 1. The molecule has 1 unspecified atom stereocenters. The van der Waals surface area contributed by atoms with Crippen molar-refractivity contribution in [2.24, 2.45) is 5.92 Å². The number of aliphatic carboxylic acids is 1. The number of fused-ring (bicyclic) bond motifs is 1. The lowest BCUT2D eigenvalue weighted by atomic mass is 10.1. The van der Waals surface area contributed by atoms with Crippen LogP contribution in [0.15, 0.2) is 22.6 Å². The van der Waals surface area contributed by atoms with Gasteiger partial charge in [0.25, 0.3) is 0 Å². The van der Waals surface area contributed by atoms with Crippen LogP contribution in [0.5, 0.6) is 0 Å². The number of carbonyl (C=O) groups is 1. The molecule has 0 spiro atoms. The minimum Gasteiger partial charge on any atom is -0.481 e. The number of carboxylic acids is 1. The Morgan fingerprint density at radius 1 is 1.62 bits per heavy atom. The minimum absolute atomic E-state index is 0.0788. The van der Waals surface area contributed by atoms with Crippen LogP contribution >= 0.6 is 0 Å². The van der Waals surface area contributed by atoms with Gasteiger partial charge in [0, 0.05) is 6.42 Å². The lowest BCUT2D eigenvalue weighted by molar-refractivity contribution is -0.141. The number of hydrogen-bond donors (Lipinski definition) is 1. The third-order valence-corrected chi connectivity index (χ3v) is 2.31. The molecule has 0 fully saturated rings. The molecular formula is C11H10FNO3. The van der Waals surface area contributed by atoms with Crippen molar-refractivity contribution in [3.8, 4) is 0 Å². The van der Waals surface area contributed by atoms with Crippen LogP contribution in [0.2, 0.25) is 0 Å². The largest absolute Gasteiger partial charge is 0.481 e. The van der Waals surface area contributed by atoms with E-state index in [-0.39, 0.29) is 17.9 Å². The van der Waals surface area contributed by atoms with Gasteiger partial charge in [0.1, 0.15) is 5.52 Å². The first-order valence-corrected chi connectivity index (χ1v) is 4.84. The van der Waals surface area contributed by atoms with Gasteiger partial charge in [-0.15, -0.1) is 0 Å². The van der Waals surface area contributed by atoms with Crippen LogP contribution in [0.1, 0.15) is 12.8 Å². The summed E-state index contributed by atoms with van der Waals surface area (Å²) in [5.41, 5.74) is 0.489. The SMILES string of the molecule is CC(Cc1nc2cccc(F)c2o1)C(=O)O. The van der Waals surface area contributed by atoms with Crippen LogP contribution in [0.25, 0.3) is 11.1 Å². The number of hydrogen-bond acceptors (Lipinski definition) is 3. The number of nitrogens with zero attached hydrogens (tertiary/aromatic N) is 1. The molecule has 0 amide bonds. The Labute approximate surface area is 90.7 Å². The standard InChI is InChI=1S/C11H10FNO3/c1-6(11(14)15)5-9-13-8-4-2-3-7(12)10(8)16-9/h2-4,6H,5H2,1H3,(H,14,15). The quantitative estimate of drug-likeness (QED) is 0.866. The summed E-state index contributed by atoms with van der Waals surface area (Å²) in [6, 6.07) is 4.43. The molecule has 16 heavy (non-hydrogen) atoms. The predicted molar refractivity (Wildman–Crippen MR) is 54.5 cm³/mol. The van der Waals surface area contributed by atoms with Crippen molar-refractivity contribution < 1.29 is 18.7 Å². The number of oxazole rings is 1. The number of rotatable bonds is 3. The molecule has 0 saturated carbocycles. The van der Waals surface area contributed by atoms with Gasteiger partial charge in [0.2, 0.25) is 0 Å². The number of aromatic nitrogens is 1. The smallest absolute Gasteiger partial charge is 0.306 e. The highest BCUT2D eigenvalue weighted by atomic mass is 19.1. The van der Waals surface area contributed by atoms with Gasteiger partial charge < -0.3 is 9.52 Å². The van der Waals surface area contributed by atoms with Crippen molar-refractivity contribution in [1.82, 2.24) is 4.98 Å². The highest BCUT2D eigenvalue weighted by molar-refractivity contribution is 5.73. The summed E-state index contributed by atoms with van der Waals surface area (Å²) in [5, 5.41) is 8.73. The van der Waals surface area contributed by atoms with Crippen molar-refractivity contribution in [3.05, 3.63) is 29.9 Å². The molecule has 0 aliphatic rings. The van der Waals surface area contributed by atoms with E-state index >= 15 is 0 Å². The Morgan fingerprint density at radius 2 is 2.38 bits per heavy atom. The lowest BCUT2D eigenvalue weighted by Crippen LogP contribution is -2.12. The Bertz CT molecular complexity index is 535. The maximum atomic E-state index is 13.2. The lowest BCUT2D eigenvalue weighted by Gasteiger charge is -2.00. The van der Waals surface area contributed by atoms with E-state index in [2.05, 4.69) is 4.98 Å². The van der Waals surface area contributed by atoms with Gasteiger partial charge in [-0.3, -0.25) is 4.79 Å². The number of para-hydroxylation sites is 1.